The predicted octanol–water partition coefficient (Wildman–Crippen LogP) is 1.69. The number of benzene rings is 1. The molecule has 0 saturated heterocycles. The SMILES string of the molecule is O=C(O)Oc1cnc(-c2cccc(CO)c2)nc1. The fraction of sp³-hybridized carbons (Fsp3) is 0.0833. The first-order valence-electron chi connectivity index (χ1n) is 5.12. The lowest BCUT2D eigenvalue weighted by Crippen LogP contribution is -2.03. The zero-order valence-electron chi connectivity index (χ0n) is 9.28. The molecule has 18 heavy (non-hydrogen) atoms. The van der Waals surface area contributed by atoms with Crippen LogP contribution in [0.25, 0.3) is 11.4 Å². The van der Waals surface area contributed by atoms with E-state index in [9.17, 15) is 4.79 Å². The maximum Gasteiger partial charge on any atom is 0.511 e. The summed E-state index contributed by atoms with van der Waals surface area (Å²) in [7, 11) is 0. The number of carbonyl (C=O) groups is 1. The van der Waals surface area contributed by atoms with Gasteiger partial charge in [0.2, 0.25) is 0 Å². The molecule has 0 radical (unpaired) electrons. The third kappa shape index (κ3) is 2.80. The second-order valence-corrected chi connectivity index (χ2v) is 3.47. The highest BCUT2D eigenvalue weighted by molar-refractivity contribution is 5.61. The van der Waals surface area contributed by atoms with Gasteiger partial charge in [-0.1, -0.05) is 18.2 Å². The first-order chi connectivity index (χ1) is 8.69. The van der Waals surface area contributed by atoms with E-state index in [0.29, 0.717) is 5.82 Å². The molecule has 6 nitrogen and oxygen atoms in total. The Morgan fingerprint density at radius 3 is 2.61 bits per heavy atom. The summed E-state index contributed by atoms with van der Waals surface area (Å²) < 4.78 is 4.40. The molecule has 0 unspecified atom stereocenters. The molecule has 0 bridgehead atoms. The monoisotopic (exact) mass is 246 g/mol. The molecule has 0 aliphatic heterocycles. The van der Waals surface area contributed by atoms with Crippen LogP contribution in [0.1, 0.15) is 5.56 Å². The summed E-state index contributed by atoms with van der Waals surface area (Å²) in [6.45, 7) is -0.0615. The van der Waals surface area contributed by atoms with E-state index in [-0.39, 0.29) is 12.4 Å². The van der Waals surface area contributed by atoms with Gasteiger partial charge in [-0.3, -0.25) is 0 Å². The number of rotatable bonds is 3. The minimum Gasteiger partial charge on any atom is -0.449 e. The summed E-state index contributed by atoms with van der Waals surface area (Å²) in [5.41, 5.74) is 1.49. The lowest BCUT2D eigenvalue weighted by Gasteiger charge is -2.03. The standard InChI is InChI=1S/C12H10N2O4/c15-7-8-2-1-3-9(4-8)11-13-5-10(6-14-11)18-12(16)17/h1-6,15H,7H2,(H,16,17). The number of aliphatic hydroxyl groups is 1. The van der Waals surface area contributed by atoms with Crippen molar-refractivity contribution in [3.63, 3.8) is 0 Å². The molecule has 0 aliphatic carbocycles. The van der Waals surface area contributed by atoms with E-state index in [1.54, 1.807) is 24.3 Å². The molecule has 0 amide bonds. The highest BCUT2D eigenvalue weighted by Crippen LogP contribution is 2.18. The summed E-state index contributed by atoms with van der Waals surface area (Å²) in [5, 5.41) is 17.4. The minimum atomic E-state index is -1.41. The number of hydrogen-bond donors (Lipinski definition) is 2. The topological polar surface area (TPSA) is 92.5 Å². The fourth-order valence-electron chi connectivity index (χ4n) is 1.43. The van der Waals surface area contributed by atoms with Crippen LogP contribution in [-0.4, -0.2) is 26.3 Å². The van der Waals surface area contributed by atoms with Gasteiger partial charge in [0.05, 0.1) is 19.0 Å². The number of carboxylic acid groups (broad SMARTS) is 1. The summed E-state index contributed by atoms with van der Waals surface area (Å²) in [6, 6.07) is 7.12. The van der Waals surface area contributed by atoms with Gasteiger partial charge in [-0.2, -0.15) is 0 Å². The highest BCUT2D eigenvalue weighted by atomic mass is 16.7. The molecule has 1 aromatic heterocycles. The van der Waals surface area contributed by atoms with Gasteiger partial charge in [-0.25, -0.2) is 14.8 Å². The normalized spacial score (nSPS) is 10.1. The summed E-state index contributed by atoms with van der Waals surface area (Å²) in [6.07, 6.45) is 1.15. The molecular formula is C12H10N2O4. The van der Waals surface area contributed by atoms with Gasteiger partial charge in [0, 0.05) is 5.56 Å². The van der Waals surface area contributed by atoms with Crippen LogP contribution in [0.15, 0.2) is 36.7 Å². The molecule has 1 heterocycles. The summed E-state index contributed by atoms with van der Waals surface area (Å²) >= 11 is 0. The molecule has 2 N–H and O–H groups in total. The maximum atomic E-state index is 10.3. The van der Waals surface area contributed by atoms with Crippen LogP contribution in [0.4, 0.5) is 4.79 Å². The van der Waals surface area contributed by atoms with E-state index in [4.69, 9.17) is 10.2 Å². The molecular weight excluding hydrogens is 236 g/mol. The van der Waals surface area contributed by atoms with Crippen molar-refractivity contribution in [2.75, 3.05) is 0 Å². The van der Waals surface area contributed by atoms with Crippen LogP contribution < -0.4 is 4.74 Å². The van der Waals surface area contributed by atoms with Crippen LogP contribution in [-0.2, 0) is 6.61 Å². The van der Waals surface area contributed by atoms with Gasteiger partial charge in [-0.05, 0) is 11.6 Å². The minimum absolute atomic E-state index is 0.0598. The molecule has 0 atom stereocenters. The van der Waals surface area contributed by atoms with E-state index in [1.807, 2.05) is 0 Å². The van der Waals surface area contributed by atoms with Gasteiger partial charge >= 0.3 is 6.16 Å². The van der Waals surface area contributed by atoms with E-state index in [1.165, 1.54) is 12.4 Å². The van der Waals surface area contributed by atoms with Crippen molar-refractivity contribution in [1.29, 1.82) is 0 Å². The Bertz CT molecular complexity index is 554. The number of hydrogen-bond acceptors (Lipinski definition) is 5. The zero-order chi connectivity index (χ0) is 13.0. The van der Waals surface area contributed by atoms with Crippen molar-refractivity contribution in [2.24, 2.45) is 0 Å². The van der Waals surface area contributed by atoms with Gasteiger partial charge in [-0.15, -0.1) is 0 Å². The fourth-order valence-corrected chi connectivity index (χ4v) is 1.43. The van der Waals surface area contributed by atoms with Crippen LogP contribution in [0.2, 0.25) is 0 Å². The number of aliphatic hydroxyl groups excluding tert-OH is 1. The molecule has 0 saturated carbocycles. The zero-order valence-corrected chi connectivity index (χ0v) is 9.28. The van der Waals surface area contributed by atoms with Gasteiger partial charge in [0.25, 0.3) is 0 Å². The summed E-state index contributed by atoms with van der Waals surface area (Å²) in [5.74, 6) is 0.493. The van der Waals surface area contributed by atoms with Crippen molar-refractivity contribution in [3.8, 4) is 17.1 Å². The first kappa shape index (κ1) is 12.0. The Morgan fingerprint density at radius 2 is 2.00 bits per heavy atom. The van der Waals surface area contributed by atoms with Crippen LogP contribution in [0.5, 0.6) is 5.75 Å². The Balaban J connectivity index is 2.25. The highest BCUT2D eigenvalue weighted by Gasteiger charge is 2.05. The molecule has 0 fully saturated rings. The first-order valence-corrected chi connectivity index (χ1v) is 5.12. The average molecular weight is 246 g/mol. The third-order valence-corrected chi connectivity index (χ3v) is 2.20. The predicted molar refractivity (Wildman–Crippen MR) is 62.0 cm³/mol. The molecule has 2 rings (SSSR count). The second-order valence-electron chi connectivity index (χ2n) is 3.47. The van der Waals surface area contributed by atoms with Crippen LogP contribution in [0, 0.1) is 0 Å². The van der Waals surface area contributed by atoms with Crippen molar-refractivity contribution in [1.82, 2.24) is 9.97 Å². The van der Waals surface area contributed by atoms with E-state index in [0.717, 1.165) is 11.1 Å². The van der Waals surface area contributed by atoms with E-state index in [2.05, 4.69) is 14.7 Å². The number of ether oxygens (including phenoxy) is 1. The molecule has 0 aliphatic rings. The van der Waals surface area contributed by atoms with Crippen molar-refractivity contribution in [2.45, 2.75) is 6.61 Å². The van der Waals surface area contributed by atoms with Crippen molar-refractivity contribution < 1.29 is 19.7 Å². The lowest BCUT2D eigenvalue weighted by molar-refractivity contribution is 0.144. The Labute approximate surface area is 103 Å². The van der Waals surface area contributed by atoms with Gasteiger partial charge < -0.3 is 14.9 Å². The average Bonchev–Trinajstić information content (AvgIpc) is 2.39. The van der Waals surface area contributed by atoms with Gasteiger partial charge in [0.1, 0.15) is 0 Å². The van der Waals surface area contributed by atoms with E-state index < -0.39 is 6.16 Å². The molecule has 92 valence electrons. The van der Waals surface area contributed by atoms with Crippen LogP contribution >= 0.6 is 0 Å². The number of nitrogens with zero attached hydrogens (tertiary/aromatic N) is 2. The van der Waals surface area contributed by atoms with Crippen molar-refractivity contribution in [3.05, 3.63) is 42.2 Å². The molecule has 6 heteroatoms. The van der Waals surface area contributed by atoms with Gasteiger partial charge in [0.15, 0.2) is 11.6 Å². The number of aromatic nitrogens is 2. The Kier molecular flexibility index (Phi) is 3.49. The van der Waals surface area contributed by atoms with Crippen LogP contribution in [0.3, 0.4) is 0 Å². The smallest absolute Gasteiger partial charge is 0.449 e. The van der Waals surface area contributed by atoms with Crippen molar-refractivity contribution >= 4 is 6.16 Å². The molecule has 0 spiro atoms. The molecule has 1 aromatic carbocycles. The lowest BCUT2D eigenvalue weighted by atomic mass is 10.1. The second kappa shape index (κ2) is 5.24. The largest absolute Gasteiger partial charge is 0.511 e. The maximum absolute atomic E-state index is 10.3. The Morgan fingerprint density at radius 1 is 1.28 bits per heavy atom. The van der Waals surface area contributed by atoms with E-state index >= 15 is 0 Å². The third-order valence-electron chi connectivity index (χ3n) is 2.20. The quantitative estimate of drug-likeness (QED) is 0.800. The Hall–Kier alpha value is -2.47. The summed E-state index contributed by atoms with van der Waals surface area (Å²) in [4.78, 5) is 18.3. The molecule has 2 aromatic rings.